The van der Waals surface area contributed by atoms with Crippen LogP contribution in [0.15, 0.2) is 77.7 Å². The number of piperidine rings is 1. The second-order valence-corrected chi connectivity index (χ2v) is 12.4. The predicted octanol–water partition coefficient (Wildman–Crippen LogP) is 5.08. The van der Waals surface area contributed by atoms with Gasteiger partial charge < -0.3 is 14.5 Å². The van der Waals surface area contributed by atoms with Gasteiger partial charge in [0, 0.05) is 38.4 Å². The van der Waals surface area contributed by atoms with Crippen molar-refractivity contribution in [3.8, 4) is 0 Å². The minimum Gasteiger partial charge on any atom is -0.445 e. The van der Waals surface area contributed by atoms with Gasteiger partial charge in [-0.25, -0.2) is 13.2 Å². The molecule has 2 saturated heterocycles. The maximum atomic E-state index is 13.2. The number of hydrogen-bond acceptors (Lipinski definition) is 5. The van der Waals surface area contributed by atoms with Crippen molar-refractivity contribution in [2.45, 2.75) is 43.2 Å². The molecule has 0 saturated carbocycles. The minimum atomic E-state index is -3.51. The fourth-order valence-corrected chi connectivity index (χ4v) is 7.62. The van der Waals surface area contributed by atoms with E-state index in [-0.39, 0.29) is 18.7 Å². The van der Waals surface area contributed by atoms with Gasteiger partial charge in [-0.15, -0.1) is 0 Å². The zero-order chi connectivity index (χ0) is 26.3. The molecular formula is C30H33N3O4S. The number of aryl methyl sites for hydroxylation is 1. The molecule has 6 rings (SSSR count). The third-order valence-corrected chi connectivity index (χ3v) is 10.0. The third kappa shape index (κ3) is 4.67. The van der Waals surface area contributed by atoms with Gasteiger partial charge in [0.15, 0.2) is 0 Å². The summed E-state index contributed by atoms with van der Waals surface area (Å²) in [6, 6.07) is 23.5. The van der Waals surface area contributed by atoms with Crippen LogP contribution in [0.5, 0.6) is 0 Å². The van der Waals surface area contributed by atoms with Crippen LogP contribution in [-0.2, 0) is 21.4 Å². The minimum absolute atomic E-state index is 0.0231. The van der Waals surface area contributed by atoms with E-state index in [4.69, 9.17) is 4.74 Å². The maximum absolute atomic E-state index is 13.2. The highest BCUT2D eigenvalue weighted by molar-refractivity contribution is 7.89. The molecule has 0 radical (unpaired) electrons. The van der Waals surface area contributed by atoms with Gasteiger partial charge >= 0.3 is 6.09 Å². The van der Waals surface area contributed by atoms with Crippen molar-refractivity contribution in [2.75, 3.05) is 37.6 Å². The summed E-state index contributed by atoms with van der Waals surface area (Å²) in [6.45, 7) is 5.01. The molecule has 2 aliphatic heterocycles. The third-order valence-electron chi connectivity index (χ3n) is 8.14. The molecule has 198 valence electrons. The molecule has 1 amide bonds. The van der Waals surface area contributed by atoms with Gasteiger partial charge in [0.2, 0.25) is 10.0 Å². The zero-order valence-electron chi connectivity index (χ0n) is 21.6. The lowest BCUT2D eigenvalue weighted by atomic mass is 9.96. The molecule has 38 heavy (non-hydrogen) atoms. The highest BCUT2D eigenvalue weighted by Crippen LogP contribution is 2.50. The Kier molecular flexibility index (Phi) is 6.61. The number of fused-ring (bicyclic) bond motifs is 5. The van der Waals surface area contributed by atoms with Crippen LogP contribution < -0.4 is 4.90 Å². The van der Waals surface area contributed by atoms with E-state index < -0.39 is 10.0 Å². The molecule has 2 bridgehead atoms. The highest BCUT2D eigenvalue weighted by Gasteiger charge is 2.42. The van der Waals surface area contributed by atoms with E-state index in [2.05, 4.69) is 23.1 Å². The fraction of sp³-hybridized carbons (Fsp3) is 0.367. The summed E-state index contributed by atoms with van der Waals surface area (Å²) in [4.78, 5) is 17.6. The standard InChI is InChI=1S/C30H33N3O4S/c1-22-6-5-9-26(18-22)38(35,36)32-16-14-31(15-17-32)25-10-11-27-24-12-13-33(29(19-24)28(27)20-25)30(34)37-21-23-7-3-2-4-8-23/h2-11,18,20,24,29H,12-17,19,21H2,1H3/t24?,29-/m1/s1. The lowest BCUT2D eigenvalue weighted by Crippen LogP contribution is -2.48. The molecule has 3 aromatic rings. The van der Waals surface area contributed by atoms with Crippen LogP contribution in [-0.4, -0.2) is 56.4 Å². The number of carbonyl (C=O) groups is 1. The SMILES string of the molecule is Cc1cccc(S(=O)(=O)N2CCN(c3ccc4c(c3)[C@H]3CC4CCN3C(=O)OCc3ccccc3)CC2)c1. The highest BCUT2D eigenvalue weighted by atomic mass is 32.2. The van der Waals surface area contributed by atoms with Crippen LogP contribution in [0.2, 0.25) is 0 Å². The normalized spacial score (nSPS) is 21.3. The topological polar surface area (TPSA) is 70.2 Å². The van der Waals surface area contributed by atoms with E-state index in [9.17, 15) is 13.2 Å². The van der Waals surface area contributed by atoms with Crippen LogP contribution in [0.3, 0.4) is 0 Å². The summed E-state index contributed by atoms with van der Waals surface area (Å²) in [6.07, 6.45) is 1.62. The van der Waals surface area contributed by atoms with E-state index in [1.54, 1.807) is 22.5 Å². The number of sulfonamides is 1. The van der Waals surface area contributed by atoms with Crippen molar-refractivity contribution in [1.82, 2.24) is 9.21 Å². The molecule has 2 fully saturated rings. The largest absolute Gasteiger partial charge is 0.445 e. The summed E-state index contributed by atoms with van der Waals surface area (Å²) in [5, 5.41) is 0. The Hall–Kier alpha value is -3.36. The second kappa shape index (κ2) is 10.1. The molecule has 2 atom stereocenters. The van der Waals surface area contributed by atoms with Crippen molar-refractivity contribution in [3.05, 3.63) is 95.1 Å². The van der Waals surface area contributed by atoms with Crippen molar-refractivity contribution in [3.63, 3.8) is 0 Å². The monoisotopic (exact) mass is 531 g/mol. The van der Waals surface area contributed by atoms with Gasteiger partial charge in [0.1, 0.15) is 6.61 Å². The number of rotatable bonds is 5. The van der Waals surface area contributed by atoms with Crippen LogP contribution in [0.4, 0.5) is 10.5 Å². The Balaban J connectivity index is 1.14. The van der Waals surface area contributed by atoms with Gasteiger partial charge in [0.05, 0.1) is 10.9 Å². The van der Waals surface area contributed by atoms with E-state index in [0.717, 1.165) is 29.7 Å². The Morgan fingerprint density at radius 3 is 2.45 bits per heavy atom. The van der Waals surface area contributed by atoms with E-state index in [0.29, 0.717) is 43.5 Å². The van der Waals surface area contributed by atoms with Crippen molar-refractivity contribution < 1.29 is 17.9 Å². The summed E-state index contributed by atoms with van der Waals surface area (Å²) in [5.41, 5.74) is 5.54. The lowest BCUT2D eigenvalue weighted by molar-refractivity contribution is 0.0694. The summed E-state index contributed by atoms with van der Waals surface area (Å²) >= 11 is 0. The molecule has 0 N–H and O–H groups in total. The lowest BCUT2D eigenvalue weighted by Gasteiger charge is -2.36. The molecule has 1 aliphatic carbocycles. The smallest absolute Gasteiger partial charge is 0.410 e. The molecule has 7 nitrogen and oxygen atoms in total. The Morgan fingerprint density at radius 2 is 1.68 bits per heavy atom. The molecule has 0 spiro atoms. The first-order valence-corrected chi connectivity index (χ1v) is 14.8. The van der Waals surface area contributed by atoms with Crippen molar-refractivity contribution in [1.29, 1.82) is 0 Å². The number of piperazine rings is 1. The number of benzene rings is 3. The average Bonchev–Trinajstić information content (AvgIpc) is 3.23. The zero-order valence-corrected chi connectivity index (χ0v) is 22.4. The average molecular weight is 532 g/mol. The van der Waals surface area contributed by atoms with Crippen LogP contribution in [0.1, 0.15) is 47.1 Å². The molecule has 8 heteroatoms. The quantitative estimate of drug-likeness (QED) is 0.460. The first kappa shape index (κ1) is 24.9. The number of amides is 1. The second-order valence-electron chi connectivity index (χ2n) is 10.5. The molecule has 1 unspecified atom stereocenters. The Bertz CT molecular complexity index is 1430. The molecule has 0 aromatic heterocycles. The van der Waals surface area contributed by atoms with Gasteiger partial charge in [-0.3, -0.25) is 0 Å². The van der Waals surface area contributed by atoms with Crippen molar-refractivity contribution in [2.24, 2.45) is 0 Å². The van der Waals surface area contributed by atoms with Crippen LogP contribution in [0, 0.1) is 6.92 Å². The summed E-state index contributed by atoms with van der Waals surface area (Å²) < 4.78 is 33.6. The number of nitrogens with zero attached hydrogens (tertiary/aromatic N) is 3. The predicted molar refractivity (Wildman–Crippen MR) is 147 cm³/mol. The van der Waals surface area contributed by atoms with E-state index in [1.807, 2.05) is 48.2 Å². The molecule has 3 aliphatic rings. The Morgan fingerprint density at radius 1 is 0.895 bits per heavy atom. The van der Waals surface area contributed by atoms with Crippen molar-refractivity contribution >= 4 is 21.8 Å². The fourth-order valence-electron chi connectivity index (χ4n) is 6.09. The van der Waals surface area contributed by atoms with E-state index in [1.165, 1.54) is 11.1 Å². The number of carbonyl (C=O) groups excluding carboxylic acids is 1. The maximum Gasteiger partial charge on any atom is 0.410 e. The van der Waals surface area contributed by atoms with Gasteiger partial charge in [-0.05, 0) is 72.2 Å². The first-order valence-electron chi connectivity index (χ1n) is 13.3. The van der Waals surface area contributed by atoms with E-state index >= 15 is 0 Å². The molecule has 2 heterocycles. The Labute approximate surface area is 224 Å². The van der Waals surface area contributed by atoms with Gasteiger partial charge in [0.25, 0.3) is 0 Å². The van der Waals surface area contributed by atoms with Gasteiger partial charge in [-0.2, -0.15) is 4.31 Å². The van der Waals surface area contributed by atoms with Crippen LogP contribution in [0.25, 0.3) is 0 Å². The molecular weight excluding hydrogens is 498 g/mol. The molecule has 3 aromatic carbocycles. The number of hydrogen-bond donors (Lipinski definition) is 0. The van der Waals surface area contributed by atoms with Crippen LogP contribution >= 0.6 is 0 Å². The summed E-state index contributed by atoms with van der Waals surface area (Å²) in [7, 11) is -3.51. The summed E-state index contributed by atoms with van der Waals surface area (Å²) in [5.74, 6) is 0.471. The number of ether oxygens (including phenoxy) is 1. The number of likely N-dealkylation sites (tertiary alicyclic amines) is 1. The van der Waals surface area contributed by atoms with Gasteiger partial charge in [-0.1, -0.05) is 48.5 Å². The number of anilines is 1. The first-order chi connectivity index (χ1) is 18.4.